The van der Waals surface area contributed by atoms with E-state index in [1.54, 1.807) is 12.2 Å². The average molecular weight is 413 g/mol. The summed E-state index contributed by atoms with van der Waals surface area (Å²) in [4.78, 5) is 30.9. The Morgan fingerprint density at radius 1 is 0.897 bits per heavy atom. The van der Waals surface area contributed by atoms with Gasteiger partial charge < -0.3 is 10.2 Å². The van der Waals surface area contributed by atoms with E-state index in [1.807, 2.05) is 18.4 Å². The van der Waals surface area contributed by atoms with E-state index in [4.69, 9.17) is 0 Å². The first-order valence-electron chi connectivity index (χ1n) is 10.1. The molecule has 2 N–H and O–H groups in total. The van der Waals surface area contributed by atoms with Crippen molar-refractivity contribution in [1.82, 2.24) is 0 Å². The van der Waals surface area contributed by atoms with Crippen LogP contribution >= 0.6 is 0 Å². The van der Waals surface area contributed by atoms with Crippen LogP contribution in [0.4, 0.5) is 0 Å². The molecule has 4 unspecified atom stereocenters. The Hall–Kier alpha value is -2.13. The molecule has 0 rings (SSSR count). The molecule has 0 aliphatic carbocycles. The zero-order chi connectivity index (χ0) is 22.1. The van der Waals surface area contributed by atoms with Gasteiger partial charge in [-0.2, -0.15) is 0 Å². The Labute approximate surface area is 171 Å². The van der Waals surface area contributed by atoms with Gasteiger partial charge in [-0.05, 0) is 25.7 Å². The third-order valence-corrected chi connectivity index (χ3v) is 4.71. The van der Waals surface area contributed by atoms with E-state index < -0.39 is 40.6 Å². The van der Waals surface area contributed by atoms with Crippen molar-refractivity contribution in [1.29, 1.82) is 0 Å². The van der Waals surface area contributed by atoms with Crippen LogP contribution in [-0.4, -0.2) is 50.6 Å². The predicted molar refractivity (Wildman–Crippen MR) is 109 cm³/mol. The predicted octanol–water partition coefficient (Wildman–Crippen LogP) is 3.14. The van der Waals surface area contributed by atoms with Gasteiger partial charge in [-0.15, -0.1) is 0 Å². The van der Waals surface area contributed by atoms with Crippen LogP contribution in [0, 0.1) is 20.2 Å². The first kappa shape index (κ1) is 26.9. The maximum absolute atomic E-state index is 11.2. The van der Waals surface area contributed by atoms with Gasteiger partial charge >= 0.3 is 0 Å². The highest BCUT2D eigenvalue weighted by atomic mass is 16.6. The van der Waals surface area contributed by atoms with Gasteiger partial charge in [-0.3, -0.25) is 25.0 Å². The zero-order valence-corrected chi connectivity index (χ0v) is 17.0. The maximum Gasteiger partial charge on any atom is 0.242 e. The van der Waals surface area contributed by atoms with Crippen molar-refractivity contribution in [3.05, 3.63) is 44.5 Å². The Bertz CT molecular complexity index is 537. The van der Waals surface area contributed by atoms with Crippen molar-refractivity contribution >= 4 is 6.29 Å². The van der Waals surface area contributed by atoms with Crippen molar-refractivity contribution in [3.8, 4) is 0 Å². The van der Waals surface area contributed by atoms with Crippen LogP contribution in [0.3, 0.4) is 0 Å². The molecule has 0 aromatic rings. The number of nitrogens with zero attached hydrogens (tertiary/aromatic N) is 2. The van der Waals surface area contributed by atoms with E-state index in [0.29, 0.717) is 12.8 Å². The van der Waals surface area contributed by atoms with Gasteiger partial charge in [0.15, 0.2) is 6.29 Å². The van der Waals surface area contributed by atoms with E-state index >= 15 is 0 Å². The van der Waals surface area contributed by atoms with Crippen LogP contribution in [0.1, 0.15) is 71.1 Å². The fourth-order valence-electron chi connectivity index (χ4n) is 2.94. The molecule has 0 aromatic carbocycles. The van der Waals surface area contributed by atoms with Gasteiger partial charge in [-0.25, -0.2) is 0 Å². The first-order chi connectivity index (χ1) is 13.8. The topological polar surface area (TPSA) is 144 Å². The van der Waals surface area contributed by atoms with Gasteiger partial charge in [0.25, 0.3) is 0 Å². The second-order valence-electron chi connectivity index (χ2n) is 7.00. The fourth-order valence-corrected chi connectivity index (χ4v) is 2.94. The molecule has 0 heterocycles. The lowest BCUT2D eigenvalue weighted by molar-refractivity contribution is -0.543. The van der Waals surface area contributed by atoms with Crippen LogP contribution in [0.25, 0.3) is 0 Å². The van der Waals surface area contributed by atoms with Crippen LogP contribution < -0.4 is 0 Å². The normalized spacial score (nSPS) is 16.0. The molecule has 0 aliphatic heterocycles. The van der Waals surface area contributed by atoms with Gasteiger partial charge in [0.05, 0.1) is 0 Å². The minimum Gasteiger partial charge on any atom is -0.386 e. The standard InChI is InChI=1S/C20H33N2O7/c1-2-17(21(26)27)19(24)16-20(25)18(22(28)29)14-12-10-8-6-4-3-5-7-9-11-13-15-23/h4,6,10,12,17-20,24-25H,2-3,5,7-9,11,13-14,16H2,1H3/b6-4-,12-10-. The molecule has 0 fully saturated rings. The van der Waals surface area contributed by atoms with Gasteiger partial charge in [0.1, 0.15) is 12.2 Å². The van der Waals surface area contributed by atoms with E-state index in [-0.39, 0.29) is 12.8 Å². The highest BCUT2D eigenvalue weighted by Gasteiger charge is 2.36. The molecule has 1 radical (unpaired) electrons. The Kier molecular flexibility index (Phi) is 15.6. The third kappa shape index (κ3) is 12.8. The minimum absolute atomic E-state index is 0.0161. The summed E-state index contributed by atoms with van der Waals surface area (Å²) in [6, 6.07) is -2.57. The molecule has 9 nitrogen and oxygen atoms in total. The second kappa shape index (κ2) is 16.8. The first-order valence-corrected chi connectivity index (χ1v) is 10.1. The van der Waals surface area contributed by atoms with E-state index in [2.05, 4.69) is 0 Å². The number of aliphatic hydroxyl groups is 2. The molecule has 165 valence electrons. The monoisotopic (exact) mass is 413 g/mol. The summed E-state index contributed by atoms with van der Waals surface area (Å²) < 4.78 is 0. The lowest BCUT2D eigenvalue weighted by Crippen LogP contribution is -2.41. The van der Waals surface area contributed by atoms with E-state index in [0.717, 1.165) is 32.1 Å². The second-order valence-corrected chi connectivity index (χ2v) is 7.00. The van der Waals surface area contributed by atoms with Gasteiger partial charge in [0.2, 0.25) is 12.1 Å². The van der Waals surface area contributed by atoms with Crippen molar-refractivity contribution in [2.24, 2.45) is 0 Å². The summed E-state index contributed by atoms with van der Waals surface area (Å²) in [5, 5.41) is 42.0. The van der Waals surface area contributed by atoms with Crippen molar-refractivity contribution in [2.45, 2.75) is 95.4 Å². The highest BCUT2D eigenvalue weighted by Crippen LogP contribution is 2.15. The molecule has 0 amide bonds. The summed E-state index contributed by atoms with van der Waals surface area (Å²) in [5.74, 6) is 0. The van der Waals surface area contributed by atoms with E-state index in [9.17, 15) is 35.2 Å². The number of unbranched alkanes of at least 4 members (excludes halogenated alkanes) is 5. The molecule has 0 spiro atoms. The van der Waals surface area contributed by atoms with Crippen LogP contribution in [0.5, 0.6) is 0 Å². The summed E-state index contributed by atoms with van der Waals surface area (Å²) in [5.41, 5.74) is 0. The smallest absolute Gasteiger partial charge is 0.242 e. The Balaban J connectivity index is 4.26. The number of hydrogen-bond donors (Lipinski definition) is 2. The molecule has 0 aromatic heterocycles. The van der Waals surface area contributed by atoms with Crippen molar-refractivity contribution in [2.75, 3.05) is 0 Å². The molecule has 0 saturated carbocycles. The van der Waals surface area contributed by atoms with Crippen LogP contribution in [0.15, 0.2) is 24.3 Å². The molecule has 0 saturated heterocycles. The van der Waals surface area contributed by atoms with E-state index in [1.165, 1.54) is 6.92 Å². The fraction of sp³-hybridized carbons (Fsp3) is 0.750. The summed E-state index contributed by atoms with van der Waals surface area (Å²) >= 11 is 0. The molecule has 9 heteroatoms. The molecule has 4 atom stereocenters. The zero-order valence-electron chi connectivity index (χ0n) is 17.0. The lowest BCUT2D eigenvalue weighted by Gasteiger charge is -2.20. The van der Waals surface area contributed by atoms with Crippen LogP contribution in [0.2, 0.25) is 0 Å². The lowest BCUT2D eigenvalue weighted by atomic mass is 9.97. The summed E-state index contributed by atoms with van der Waals surface area (Å²) in [6.07, 6.45) is 12.0. The van der Waals surface area contributed by atoms with Crippen molar-refractivity contribution < 1.29 is 24.9 Å². The number of nitro groups is 2. The van der Waals surface area contributed by atoms with Gasteiger partial charge in [-0.1, -0.05) is 44.1 Å². The highest BCUT2D eigenvalue weighted by molar-refractivity contribution is 5.50. The molecule has 0 bridgehead atoms. The minimum atomic E-state index is -1.47. The Morgan fingerprint density at radius 2 is 1.48 bits per heavy atom. The number of hydrogen-bond acceptors (Lipinski definition) is 7. The SMILES string of the molecule is CCC(C(O)CC(O)C(C/C=C\C/C=C\CCCCCC[C]=O)[N+](=O)[O-])[N+](=O)[O-]. The third-order valence-electron chi connectivity index (χ3n) is 4.71. The summed E-state index contributed by atoms with van der Waals surface area (Å²) in [7, 11) is 0. The van der Waals surface area contributed by atoms with Gasteiger partial charge in [0, 0.05) is 35.5 Å². The largest absolute Gasteiger partial charge is 0.386 e. The van der Waals surface area contributed by atoms with Crippen molar-refractivity contribution in [3.63, 3.8) is 0 Å². The quantitative estimate of drug-likeness (QED) is 0.152. The summed E-state index contributed by atoms with van der Waals surface area (Å²) in [6.45, 7) is 1.54. The molecular weight excluding hydrogens is 380 g/mol. The number of rotatable bonds is 18. The molecule has 29 heavy (non-hydrogen) atoms. The number of carbonyl (C=O) groups excluding carboxylic acids is 1. The number of allylic oxidation sites excluding steroid dienone is 3. The Morgan fingerprint density at radius 3 is 2.07 bits per heavy atom. The van der Waals surface area contributed by atoms with Crippen LogP contribution in [-0.2, 0) is 4.79 Å². The maximum atomic E-state index is 11.2. The molecule has 0 aliphatic rings. The average Bonchev–Trinajstić information content (AvgIpc) is 2.65. The molecular formula is C20H33N2O7. The number of aliphatic hydroxyl groups excluding tert-OH is 2.